The van der Waals surface area contributed by atoms with Gasteiger partial charge < -0.3 is 5.32 Å². The molecule has 72 valence electrons. The van der Waals surface area contributed by atoms with Crippen LogP contribution < -0.4 is 5.32 Å². The van der Waals surface area contributed by atoms with E-state index in [0.717, 1.165) is 5.92 Å². The van der Waals surface area contributed by atoms with E-state index >= 15 is 0 Å². The first kappa shape index (κ1) is 9.69. The van der Waals surface area contributed by atoms with Crippen molar-refractivity contribution in [2.45, 2.75) is 19.3 Å². The Kier molecular flexibility index (Phi) is 3.41. The van der Waals surface area contributed by atoms with E-state index in [2.05, 4.69) is 32.7 Å². The number of rotatable bonds is 2. The summed E-state index contributed by atoms with van der Waals surface area (Å²) in [5, 5.41) is 5.58. The molecular formula is C10H14BrNS. The van der Waals surface area contributed by atoms with Gasteiger partial charge in [0.2, 0.25) is 0 Å². The molecule has 1 fully saturated rings. The Morgan fingerprint density at radius 2 is 2.23 bits per heavy atom. The molecule has 2 heterocycles. The van der Waals surface area contributed by atoms with Gasteiger partial charge in [-0.2, -0.15) is 0 Å². The van der Waals surface area contributed by atoms with Gasteiger partial charge in [0.05, 0.1) is 0 Å². The zero-order valence-electron chi connectivity index (χ0n) is 7.55. The normalized spacial score (nSPS) is 19.2. The van der Waals surface area contributed by atoms with E-state index in [1.807, 2.05) is 11.3 Å². The van der Waals surface area contributed by atoms with Crippen LogP contribution in [0.4, 0.5) is 0 Å². The number of hydrogen-bond donors (Lipinski definition) is 1. The molecule has 0 saturated carbocycles. The van der Waals surface area contributed by atoms with Crippen LogP contribution in [0, 0.1) is 5.92 Å². The highest BCUT2D eigenvalue weighted by Gasteiger charge is 2.13. The van der Waals surface area contributed by atoms with Crippen molar-refractivity contribution < 1.29 is 0 Å². The second-order valence-corrected chi connectivity index (χ2v) is 5.54. The molecule has 0 spiro atoms. The van der Waals surface area contributed by atoms with Crippen molar-refractivity contribution in [1.82, 2.24) is 5.32 Å². The Balaban J connectivity index is 1.89. The Morgan fingerprint density at radius 1 is 1.46 bits per heavy atom. The minimum absolute atomic E-state index is 0.909. The van der Waals surface area contributed by atoms with Crippen LogP contribution in [0.15, 0.2) is 15.9 Å². The molecular weight excluding hydrogens is 246 g/mol. The lowest BCUT2D eigenvalue weighted by atomic mass is 9.94. The summed E-state index contributed by atoms with van der Waals surface area (Å²) in [5.41, 5.74) is 0. The number of hydrogen-bond acceptors (Lipinski definition) is 2. The largest absolute Gasteiger partial charge is 0.317 e. The van der Waals surface area contributed by atoms with E-state index in [-0.39, 0.29) is 0 Å². The minimum Gasteiger partial charge on any atom is -0.317 e. The van der Waals surface area contributed by atoms with Crippen LogP contribution in [-0.2, 0) is 6.42 Å². The molecule has 1 aromatic rings. The average molecular weight is 260 g/mol. The lowest BCUT2D eigenvalue weighted by Gasteiger charge is -2.21. The third-order valence-corrected chi connectivity index (χ3v) is 4.29. The van der Waals surface area contributed by atoms with E-state index in [9.17, 15) is 0 Å². The third kappa shape index (κ3) is 2.79. The van der Waals surface area contributed by atoms with Crippen LogP contribution in [0.2, 0.25) is 0 Å². The van der Waals surface area contributed by atoms with E-state index in [1.165, 1.54) is 41.7 Å². The second kappa shape index (κ2) is 4.58. The van der Waals surface area contributed by atoms with Gasteiger partial charge in [0, 0.05) is 14.7 Å². The summed E-state index contributed by atoms with van der Waals surface area (Å²) in [7, 11) is 0. The van der Waals surface area contributed by atoms with Gasteiger partial charge in [0.15, 0.2) is 0 Å². The van der Waals surface area contributed by atoms with Gasteiger partial charge in [-0.3, -0.25) is 0 Å². The van der Waals surface area contributed by atoms with Crippen molar-refractivity contribution in [2.75, 3.05) is 13.1 Å². The van der Waals surface area contributed by atoms with Crippen molar-refractivity contribution in [3.8, 4) is 0 Å². The highest BCUT2D eigenvalue weighted by Crippen LogP contribution is 2.25. The molecule has 1 aromatic heterocycles. The summed E-state index contributed by atoms with van der Waals surface area (Å²) >= 11 is 5.37. The van der Waals surface area contributed by atoms with Crippen LogP contribution in [0.1, 0.15) is 17.7 Å². The Hall–Kier alpha value is 0.140. The number of piperidine rings is 1. The van der Waals surface area contributed by atoms with E-state index in [0.29, 0.717) is 0 Å². The summed E-state index contributed by atoms with van der Waals surface area (Å²) < 4.78 is 1.24. The fourth-order valence-electron chi connectivity index (χ4n) is 1.83. The predicted octanol–water partition coefficient (Wildman–Crippen LogP) is 3.05. The zero-order valence-corrected chi connectivity index (χ0v) is 9.96. The standard InChI is InChI=1S/C10H14BrNS/c11-9-6-10(13-7-9)5-8-1-3-12-4-2-8/h6-8,12H,1-5H2. The van der Waals surface area contributed by atoms with Gasteiger partial charge in [-0.25, -0.2) is 0 Å². The first-order chi connectivity index (χ1) is 6.34. The van der Waals surface area contributed by atoms with Crippen LogP contribution >= 0.6 is 27.3 Å². The molecule has 1 nitrogen and oxygen atoms in total. The molecule has 2 rings (SSSR count). The van der Waals surface area contributed by atoms with Crippen LogP contribution in [0.3, 0.4) is 0 Å². The Bertz CT molecular complexity index is 266. The molecule has 3 heteroatoms. The van der Waals surface area contributed by atoms with Crippen molar-refractivity contribution in [3.05, 3.63) is 20.8 Å². The van der Waals surface area contributed by atoms with Gasteiger partial charge in [0.25, 0.3) is 0 Å². The maximum atomic E-state index is 3.50. The van der Waals surface area contributed by atoms with Gasteiger partial charge >= 0.3 is 0 Å². The van der Waals surface area contributed by atoms with Crippen molar-refractivity contribution in [1.29, 1.82) is 0 Å². The molecule has 0 unspecified atom stereocenters. The summed E-state index contributed by atoms with van der Waals surface area (Å²) in [4.78, 5) is 1.53. The molecule has 0 bridgehead atoms. The van der Waals surface area contributed by atoms with E-state index < -0.39 is 0 Å². The van der Waals surface area contributed by atoms with Gasteiger partial charge in [-0.15, -0.1) is 11.3 Å². The fraction of sp³-hybridized carbons (Fsp3) is 0.600. The third-order valence-electron chi connectivity index (χ3n) is 2.57. The molecule has 0 aliphatic carbocycles. The number of halogens is 1. The van der Waals surface area contributed by atoms with Gasteiger partial charge in [-0.1, -0.05) is 0 Å². The van der Waals surface area contributed by atoms with Crippen molar-refractivity contribution >= 4 is 27.3 Å². The topological polar surface area (TPSA) is 12.0 Å². The SMILES string of the molecule is Brc1csc(CC2CCNCC2)c1. The first-order valence-corrected chi connectivity index (χ1v) is 6.45. The highest BCUT2D eigenvalue weighted by molar-refractivity contribution is 9.10. The summed E-state index contributed by atoms with van der Waals surface area (Å²) in [6, 6.07) is 2.26. The molecule has 0 amide bonds. The first-order valence-electron chi connectivity index (χ1n) is 4.78. The lowest BCUT2D eigenvalue weighted by molar-refractivity contribution is 0.374. The number of thiophene rings is 1. The lowest BCUT2D eigenvalue weighted by Crippen LogP contribution is -2.28. The van der Waals surface area contributed by atoms with Crippen LogP contribution in [-0.4, -0.2) is 13.1 Å². The molecule has 13 heavy (non-hydrogen) atoms. The van der Waals surface area contributed by atoms with Crippen molar-refractivity contribution in [2.24, 2.45) is 5.92 Å². The highest BCUT2D eigenvalue weighted by atomic mass is 79.9. The Labute approximate surface area is 91.7 Å². The minimum atomic E-state index is 0.909. The molecule has 0 radical (unpaired) electrons. The maximum absolute atomic E-state index is 3.50. The molecule has 1 N–H and O–H groups in total. The summed E-state index contributed by atoms with van der Waals surface area (Å²) in [6.07, 6.45) is 3.96. The Morgan fingerprint density at radius 3 is 2.85 bits per heavy atom. The smallest absolute Gasteiger partial charge is 0.0285 e. The molecule has 0 atom stereocenters. The van der Waals surface area contributed by atoms with Crippen LogP contribution in [0.25, 0.3) is 0 Å². The molecule has 1 aliphatic rings. The monoisotopic (exact) mass is 259 g/mol. The summed E-state index contributed by atoms with van der Waals surface area (Å²) in [6.45, 7) is 2.41. The zero-order chi connectivity index (χ0) is 9.10. The fourth-order valence-corrected chi connectivity index (χ4v) is 3.40. The van der Waals surface area contributed by atoms with Gasteiger partial charge in [-0.05, 0) is 60.3 Å². The number of nitrogens with one attached hydrogen (secondary N) is 1. The molecule has 0 aromatic carbocycles. The predicted molar refractivity (Wildman–Crippen MR) is 61.3 cm³/mol. The van der Waals surface area contributed by atoms with Crippen molar-refractivity contribution in [3.63, 3.8) is 0 Å². The second-order valence-electron chi connectivity index (χ2n) is 3.63. The average Bonchev–Trinajstić information content (AvgIpc) is 2.53. The maximum Gasteiger partial charge on any atom is 0.0285 e. The van der Waals surface area contributed by atoms with Crippen LogP contribution in [0.5, 0.6) is 0 Å². The quantitative estimate of drug-likeness (QED) is 0.861. The van der Waals surface area contributed by atoms with Gasteiger partial charge in [0.1, 0.15) is 0 Å². The van der Waals surface area contributed by atoms with E-state index in [1.54, 1.807) is 0 Å². The van der Waals surface area contributed by atoms with E-state index in [4.69, 9.17) is 0 Å². The molecule has 1 aliphatic heterocycles. The summed E-state index contributed by atoms with van der Waals surface area (Å²) in [5.74, 6) is 0.909. The molecule has 1 saturated heterocycles.